The Morgan fingerprint density at radius 1 is 1.20 bits per heavy atom. The minimum absolute atomic E-state index is 0.167. The maximum absolute atomic E-state index is 12.7. The first kappa shape index (κ1) is 18.2. The van der Waals surface area contributed by atoms with Crippen molar-refractivity contribution in [2.24, 2.45) is 0 Å². The molecule has 0 saturated heterocycles. The third kappa shape index (κ3) is 4.14. The number of nitrogens with zero attached hydrogens (tertiary/aromatic N) is 3. The second-order valence-electron chi connectivity index (χ2n) is 5.40. The first-order valence-corrected chi connectivity index (χ1v) is 10.8. The molecule has 0 bridgehead atoms. The lowest BCUT2D eigenvalue weighted by molar-refractivity contribution is 0.536. The summed E-state index contributed by atoms with van der Waals surface area (Å²) in [7, 11) is -3.70. The third-order valence-electron chi connectivity index (χ3n) is 3.68. The SMILES string of the molecule is CSCC[C@H](NS(=O)(=O)c1ccc(Cl)cc1)c1nnc2ccccn12. The number of thioether (sulfide) groups is 1. The van der Waals surface area contributed by atoms with Gasteiger partial charge in [0.2, 0.25) is 10.0 Å². The summed E-state index contributed by atoms with van der Waals surface area (Å²) < 4.78 is 30.0. The number of nitrogens with one attached hydrogen (secondary N) is 1. The Bertz CT molecular complexity index is 958. The number of benzene rings is 1. The van der Waals surface area contributed by atoms with Crippen molar-refractivity contribution in [3.63, 3.8) is 0 Å². The lowest BCUT2D eigenvalue weighted by atomic mass is 10.2. The van der Waals surface area contributed by atoms with Gasteiger partial charge in [0, 0.05) is 11.2 Å². The molecule has 0 fully saturated rings. The predicted molar refractivity (Wildman–Crippen MR) is 101 cm³/mol. The number of halogens is 1. The molecule has 3 rings (SSSR count). The van der Waals surface area contributed by atoms with Gasteiger partial charge in [0.15, 0.2) is 11.5 Å². The van der Waals surface area contributed by atoms with Crippen molar-refractivity contribution in [1.29, 1.82) is 0 Å². The molecule has 132 valence electrons. The molecular formula is C16H17ClN4O2S2. The van der Waals surface area contributed by atoms with E-state index in [1.165, 1.54) is 12.1 Å². The molecule has 0 aliphatic rings. The minimum atomic E-state index is -3.70. The van der Waals surface area contributed by atoms with Crippen molar-refractivity contribution in [1.82, 2.24) is 19.3 Å². The van der Waals surface area contributed by atoms with Gasteiger partial charge in [-0.2, -0.15) is 11.8 Å². The van der Waals surface area contributed by atoms with Gasteiger partial charge in [-0.25, -0.2) is 13.1 Å². The highest BCUT2D eigenvalue weighted by atomic mass is 35.5. The van der Waals surface area contributed by atoms with Crippen LogP contribution < -0.4 is 4.72 Å². The van der Waals surface area contributed by atoms with E-state index in [9.17, 15) is 8.42 Å². The quantitative estimate of drug-likeness (QED) is 0.663. The van der Waals surface area contributed by atoms with Gasteiger partial charge in [-0.1, -0.05) is 17.7 Å². The van der Waals surface area contributed by atoms with Crippen LogP contribution in [-0.4, -0.2) is 35.0 Å². The van der Waals surface area contributed by atoms with Crippen LogP contribution in [0.25, 0.3) is 5.65 Å². The fourth-order valence-corrected chi connectivity index (χ4v) is 4.27. The van der Waals surface area contributed by atoms with E-state index in [-0.39, 0.29) is 4.90 Å². The largest absolute Gasteiger partial charge is 0.285 e. The van der Waals surface area contributed by atoms with Crippen LogP contribution in [0.5, 0.6) is 0 Å². The van der Waals surface area contributed by atoms with Gasteiger partial charge in [-0.05, 0) is 54.8 Å². The van der Waals surface area contributed by atoms with Gasteiger partial charge in [0.05, 0.1) is 10.9 Å². The van der Waals surface area contributed by atoms with Crippen LogP contribution in [0.4, 0.5) is 0 Å². The van der Waals surface area contributed by atoms with Gasteiger partial charge in [0.25, 0.3) is 0 Å². The maximum atomic E-state index is 12.7. The van der Waals surface area contributed by atoms with E-state index < -0.39 is 16.1 Å². The van der Waals surface area contributed by atoms with Crippen molar-refractivity contribution in [2.75, 3.05) is 12.0 Å². The summed E-state index contributed by atoms with van der Waals surface area (Å²) in [5.74, 6) is 1.36. The van der Waals surface area contributed by atoms with E-state index in [0.29, 0.717) is 22.9 Å². The Morgan fingerprint density at radius 2 is 1.96 bits per heavy atom. The first-order chi connectivity index (χ1) is 12.0. The average Bonchev–Trinajstić information content (AvgIpc) is 3.03. The van der Waals surface area contributed by atoms with Crippen molar-refractivity contribution in [3.05, 3.63) is 59.5 Å². The number of hydrogen-bond acceptors (Lipinski definition) is 5. The molecule has 1 aromatic carbocycles. The van der Waals surface area contributed by atoms with Crippen LogP contribution in [0, 0.1) is 0 Å². The summed E-state index contributed by atoms with van der Waals surface area (Å²) in [6, 6.07) is 11.2. The smallest absolute Gasteiger partial charge is 0.241 e. The predicted octanol–water partition coefficient (Wildman–Crippen LogP) is 3.16. The fourth-order valence-electron chi connectivity index (χ4n) is 2.44. The van der Waals surface area contributed by atoms with E-state index in [1.54, 1.807) is 28.3 Å². The van der Waals surface area contributed by atoms with Gasteiger partial charge >= 0.3 is 0 Å². The van der Waals surface area contributed by atoms with Crippen LogP contribution in [0.2, 0.25) is 5.02 Å². The Hall–Kier alpha value is -1.61. The van der Waals surface area contributed by atoms with E-state index in [0.717, 1.165) is 5.75 Å². The van der Waals surface area contributed by atoms with Crippen LogP contribution >= 0.6 is 23.4 Å². The Balaban J connectivity index is 1.94. The molecule has 9 heteroatoms. The van der Waals surface area contributed by atoms with Gasteiger partial charge in [-0.15, -0.1) is 10.2 Å². The summed E-state index contributed by atoms with van der Waals surface area (Å²) in [5, 5.41) is 8.80. The number of rotatable bonds is 7. The highest BCUT2D eigenvalue weighted by Gasteiger charge is 2.25. The molecule has 6 nitrogen and oxygen atoms in total. The number of pyridine rings is 1. The number of aromatic nitrogens is 3. The molecule has 0 aliphatic carbocycles. The molecule has 2 heterocycles. The summed E-state index contributed by atoms with van der Waals surface area (Å²) in [6.45, 7) is 0. The molecule has 0 saturated carbocycles. The lowest BCUT2D eigenvalue weighted by Crippen LogP contribution is -2.30. The van der Waals surface area contributed by atoms with Crippen molar-refractivity contribution >= 4 is 39.0 Å². The zero-order valence-corrected chi connectivity index (χ0v) is 15.9. The molecular weight excluding hydrogens is 380 g/mol. The molecule has 0 radical (unpaired) electrons. The molecule has 2 aromatic heterocycles. The molecule has 0 amide bonds. The number of sulfonamides is 1. The number of hydrogen-bond donors (Lipinski definition) is 1. The third-order valence-corrected chi connectivity index (χ3v) is 6.07. The summed E-state index contributed by atoms with van der Waals surface area (Å²) in [6.07, 6.45) is 4.41. The Morgan fingerprint density at radius 3 is 2.68 bits per heavy atom. The lowest BCUT2D eigenvalue weighted by Gasteiger charge is -2.17. The van der Waals surface area contributed by atoms with Crippen LogP contribution in [0.1, 0.15) is 18.3 Å². The van der Waals surface area contributed by atoms with Crippen LogP contribution in [0.3, 0.4) is 0 Å². The van der Waals surface area contributed by atoms with Crippen molar-refractivity contribution in [2.45, 2.75) is 17.4 Å². The molecule has 0 aliphatic heterocycles. The van der Waals surface area contributed by atoms with Crippen LogP contribution in [-0.2, 0) is 10.0 Å². The monoisotopic (exact) mass is 396 g/mol. The second kappa shape index (κ2) is 7.74. The topological polar surface area (TPSA) is 76.4 Å². The van der Waals surface area contributed by atoms with Crippen molar-refractivity contribution < 1.29 is 8.42 Å². The summed E-state index contributed by atoms with van der Waals surface area (Å²) >= 11 is 7.49. The fraction of sp³-hybridized carbons (Fsp3) is 0.250. The van der Waals surface area contributed by atoms with Crippen molar-refractivity contribution in [3.8, 4) is 0 Å². The molecule has 25 heavy (non-hydrogen) atoms. The van der Waals surface area contributed by atoms with E-state index in [4.69, 9.17) is 11.6 Å². The van der Waals surface area contributed by atoms with Gasteiger partial charge in [-0.3, -0.25) is 4.40 Å². The molecule has 0 unspecified atom stereocenters. The maximum Gasteiger partial charge on any atom is 0.241 e. The molecule has 1 N–H and O–H groups in total. The average molecular weight is 397 g/mol. The van der Waals surface area contributed by atoms with E-state index in [1.807, 2.05) is 30.7 Å². The number of fused-ring (bicyclic) bond motifs is 1. The van der Waals surface area contributed by atoms with Gasteiger partial charge < -0.3 is 0 Å². The molecule has 0 spiro atoms. The normalized spacial score (nSPS) is 13.2. The van der Waals surface area contributed by atoms with Gasteiger partial charge in [0.1, 0.15) is 0 Å². The van der Waals surface area contributed by atoms with E-state index in [2.05, 4.69) is 14.9 Å². The summed E-state index contributed by atoms with van der Waals surface area (Å²) in [4.78, 5) is 0.167. The highest BCUT2D eigenvalue weighted by Crippen LogP contribution is 2.22. The highest BCUT2D eigenvalue weighted by molar-refractivity contribution is 7.98. The molecule has 3 aromatic rings. The Kier molecular flexibility index (Phi) is 5.63. The summed E-state index contributed by atoms with van der Waals surface area (Å²) in [5.41, 5.74) is 0.678. The standard InChI is InChI=1S/C16H17ClN4O2S2/c1-24-11-9-14(16-19-18-15-4-2-3-10-21(15)16)20-25(22,23)13-7-5-12(17)6-8-13/h2-8,10,14,20H,9,11H2,1H3/t14-/m0/s1. The minimum Gasteiger partial charge on any atom is -0.285 e. The zero-order chi connectivity index (χ0) is 17.9. The zero-order valence-electron chi connectivity index (χ0n) is 13.5. The van der Waals surface area contributed by atoms with E-state index >= 15 is 0 Å². The van der Waals surface area contributed by atoms with Crippen LogP contribution in [0.15, 0.2) is 53.6 Å². The second-order valence-corrected chi connectivity index (χ2v) is 8.53. The first-order valence-electron chi connectivity index (χ1n) is 7.58. The Labute approximate surface area is 155 Å². The molecule has 1 atom stereocenters.